The Labute approximate surface area is 120 Å². The lowest BCUT2D eigenvalue weighted by Gasteiger charge is -2.38. The second-order valence-electron chi connectivity index (χ2n) is 6.23. The highest BCUT2D eigenvalue weighted by atomic mass is 16.5. The van der Waals surface area contributed by atoms with Gasteiger partial charge in [-0.1, -0.05) is 19.9 Å². The molecular formula is C16H23N3O. The Kier molecular flexibility index (Phi) is 3.11. The van der Waals surface area contributed by atoms with Gasteiger partial charge in [0.2, 0.25) is 0 Å². The molecule has 1 aromatic rings. The van der Waals surface area contributed by atoms with E-state index in [1.807, 2.05) is 6.07 Å². The van der Waals surface area contributed by atoms with E-state index >= 15 is 0 Å². The van der Waals surface area contributed by atoms with Crippen LogP contribution in [0.1, 0.15) is 31.4 Å². The molecule has 0 saturated heterocycles. The highest BCUT2D eigenvalue weighted by Gasteiger charge is 2.48. The molecule has 1 aliphatic carbocycles. The number of hydrogen-bond acceptors (Lipinski definition) is 4. The smallest absolute Gasteiger partial charge is 0.192 e. The molecule has 108 valence electrons. The van der Waals surface area contributed by atoms with Crippen molar-refractivity contribution in [1.29, 1.82) is 0 Å². The fourth-order valence-electron chi connectivity index (χ4n) is 3.49. The van der Waals surface area contributed by atoms with Gasteiger partial charge >= 0.3 is 0 Å². The molecule has 0 fully saturated rings. The molecule has 20 heavy (non-hydrogen) atoms. The van der Waals surface area contributed by atoms with Crippen molar-refractivity contribution >= 4 is 5.96 Å². The van der Waals surface area contributed by atoms with Crippen LogP contribution in [0.4, 0.5) is 0 Å². The Hall–Kier alpha value is -1.71. The summed E-state index contributed by atoms with van der Waals surface area (Å²) in [7, 11) is 1.72. The van der Waals surface area contributed by atoms with E-state index in [9.17, 15) is 0 Å². The lowest BCUT2D eigenvalue weighted by atomic mass is 9.90. The van der Waals surface area contributed by atoms with E-state index in [0.29, 0.717) is 11.9 Å². The van der Waals surface area contributed by atoms with Crippen LogP contribution >= 0.6 is 0 Å². The zero-order valence-electron chi connectivity index (χ0n) is 12.5. The molecule has 4 heteroatoms. The van der Waals surface area contributed by atoms with E-state index in [4.69, 9.17) is 10.5 Å². The average Bonchev–Trinajstić information content (AvgIpc) is 2.95. The number of guanidine groups is 1. The maximum Gasteiger partial charge on any atom is 0.192 e. The number of aryl methyl sites for hydroxylation is 1. The molecule has 2 aliphatic rings. The van der Waals surface area contributed by atoms with Gasteiger partial charge in [0.1, 0.15) is 5.75 Å². The second kappa shape index (κ2) is 4.69. The highest BCUT2D eigenvalue weighted by molar-refractivity contribution is 5.82. The molecule has 1 spiro atoms. The third-order valence-electron chi connectivity index (χ3n) is 4.47. The molecule has 2 N–H and O–H groups in total. The Balaban J connectivity index is 2.03. The van der Waals surface area contributed by atoms with Crippen LogP contribution in [0.25, 0.3) is 0 Å². The van der Waals surface area contributed by atoms with Crippen molar-refractivity contribution in [3.8, 4) is 5.75 Å². The first kappa shape index (κ1) is 13.3. The van der Waals surface area contributed by atoms with Crippen LogP contribution in [0.2, 0.25) is 0 Å². The molecule has 4 nitrogen and oxygen atoms in total. The lowest BCUT2D eigenvalue weighted by molar-refractivity contribution is 0.183. The van der Waals surface area contributed by atoms with Gasteiger partial charge in [0.25, 0.3) is 0 Å². The van der Waals surface area contributed by atoms with Gasteiger partial charge in [-0.25, -0.2) is 0 Å². The first-order valence-electron chi connectivity index (χ1n) is 7.32. The van der Waals surface area contributed by atoms with Gasteiger partial charge in [-0.15, -0.1) is 0 Å². The van der Waals surface area contributed by atoms with Crippen LogP contribution in [0.5, 0.6) is 5.75 Å². The van der Waals surface area contributed by atoms with E-state index in [0.717, 1.165) is 31.7 Å². The molecule has 0 amide bonds. The number of rotatable bonds is 3. The van der Waals surface area contributed by atoms with Gasteiger partial charge in [-0.05, 0) is 42.0 Å². The normalized spacial score (nSPS) is 24.4. The minimum atomic E-state index is -0.0434. The molecule has 1 aromatic carbocycles. The molecular weight excluding hydrogens is 250 g/mol. The van der Waals surface area contributed by atoms with Crippen LogP contribution in [-0.2, 0) is 12.0 Å². The van der Waals surface area contributed by atoms with Gasteiger partial charge < -0.3 is 15.4 Å². The summed E-state index contributed by atoms with van der Waals surface area (Å²) in [5, 5.41) is 0. The van der Waals surface area contributed by atoms with E-state index in [-0.39, 0.29) is 5.54 Å². The third-order valence-corrected chi connectivity index (χ3v) is 4.47. The summed E-state index contributed by atoms with van der Waals surface area (Å²) >= 11 is 0. The number of nitrogens with two attached hydrogens (primary N) is 1. The van der Waals surface area contributed by atoms with E-state index < -0.39 is 0 Å². The van der Waals surface area contributed by atoms with Gasteiger partial charge in [-0.3, -0.25) is 4.99 Å². The molecule has 1 atom stereocenters. The number of ether oxygens (including phenoxy) is 1. The molecule has 0 radical (unpaired) electrons. The fourth-order valence-corrected chi connectivity index (χ4v) is 3.49. The Morgan fingerprint density at radius 1 is 1.45 bits per heavy atom. The Morgan fingerprint density at radius 3 is 2.95 bits per heavy atom. The number of fused-ring (bicyclic) bond motifs is 2. The maximum absolute atomic E-state index is 6.15. The summed E-state index contributed by atoms with van der Waals surface area (Å²) in [6.07, 6.45) is 2.18. The fraction of sp³-hybridized carbons (Fsp3) is 0.562. The van der Waals surface area contributed by atoms with Crippen LogP contribution in [-0.4, -0.2) is 31.1 Å². The summed E-state index contributed by atoms with van der Waals surface area (Å²) in [6, 6.07) is 6.40. The molecule has 1 unspecified atom stereocenters. The van der Waals surface area contributed by atoms with Crippen molar-refractivity contribution < 1.29 is 4.74 Å². The Bertz CT molecular complexity index is 553. The highest BCUT2D eigenvalue weighted by Crippen LogP contribution is 2.45. The van der Waals surface area contributed by atoms with Crippen LogP contribution in [0.15, 0.2) is 23.2 Å². The SMILES string of the molecule is COc1ccc2c(c1)C1(CC2)CN=C(N)N1CC(C)C. The van der Waals surface area contributed by atoms with Gasteiger partial charge in [0, 0.05) is 6.54 Å². The predicted octanol–water partition coefficient (Wildman–Crippen LogP) is 2.12. The molecule has 1 heterocycles. The number of benzene rings is 1. The predicted molar refractivity (Wildman–Crippen MR) is 81.0 cm³/mol. The molecule has 1 aliphatic heterocycles. The third kappa shape index (κ3) is 1.86. The van der Waals surface area contributed by atoms with Crippen molar-refractivity contribution in [2.24, 2.45) is 16.6 Å². The van der Waals surface area contributed by atoms with Gasteiger partial charge in [0.15, 0.2) is 5.96 Å². The number of hydrogen-bond donors (Lipinski definition) is 1. The van der Waals surface area contributed by atoms with Gasteiger partial charge in [-0.2, -0.15) is 0 Å². The van der Waals surface area contributed by atoms with Crippen molar-refractivity contribution in [2.75, 3.05) is 20.2 Å². The van der Waals surface area contributed by atoms with E-state index in [1.54, 1.807) is 7.11 Å². The largest absolute Gasteiger partial charge is 0.497 e. The molecule has 3 rings (SSSR count). The van der Waals surface area contributed by atoms with E-state index in [2.05, 4.69) is 35.9 Å². The standard InChI is InChI=1S/C16H23N3O/c1-11(2)9-19-15(17)18-10-16(19)7-6-12-4-5-13(20-3)8-14(12)16/h4-5,8,11H,6-7,9-10H2,1-3H3,(H2,17,18). The summed E-state index contributed by atoms with van der Waals surface area (Å²) in [4.78, 5) is 6.85. The van der Waals surface area contributed by atoms with Crippen molar-refractivity contribution in [2.45, 2.75) is 32.2 Å². The number of methoxy groups -OCH3 is 1. The number of nitrogens with zero attached hydrogens (tertiary/aromatic N) is 2. The molecule has 0 bridgehead atoms. The average molecular weight is 273 g/mol. The number of aliphatic imine (C=N–C) groups is 1. The van der Waals surface area contributed by atoms with Crippen molar-refractivity contribution in [3.63, 3.8) is 0 Å². The summed E-state index contributed by atoms with van der Waals surface area (Å²) in [5.74, 6) is 2.17. The van der Waals surface area contributed by atoms with Crippen molar-refractivity contribution in [1.82, 2.24) is 4.90 Å². The minimum Gasteiger partial charge on any atom is -0.497 e. The molecule has 0 aromatic heterocycles. The molecule has 0 saturated carbocycles. The monoisotopic (exact) mass is 273 g/mol. The summed E-state index contributed by atoms with van der Waals surface area (Å²) in [6.45, 7) is 6.17. The van der Waals surface area contributed by atoms with Crippen molar-refractivity contribution in [3.05, 3.63) is 29.3 Å². The van der Waals surface area contributed by atoms with Crippen LogP contribution in [0.3, 0.4) is 0 Å². The van der Waals surface area contributed by atoms with E-state index in [1.165, 1.54) is 11.1 Å². The lowest BCUT2D eigenvalue weighted by Crippen LogP contribution is -2.49. The van der Waals surface area contributed by atoms with Crippen LogP contribution in [0, 0.1) is 5.92 Å². The topological polar surface area (TPSA) is 50.9 Å². The zero-order valence-corrected chi connectivity index (χ0v) is 12.5. The maximum atomic E-state index is 6.15. The van der Waals surface area contributed by atoms with Gasteiger partial charge in [0.05, 0.1) is 19.2 Å². The summed E-state index contributed by atoms with van der Waals surface area (Å²) in [5.41, 5.74) is 8.87. The first-order chi connectivity index (χ1) is 9.56. The quantitative estimate of drug-likeness (QED) is 0.918. The Morgan fingerprint density at radius 2 is 2.25 bits per heavy atom. The minimum absolute atomic E-state index is 0.0434. The van der Waals surface area contributed by atoms with Crippen LogP contribution < -0.4 is 10.5 Å². The zero-order chi connectivity index (χ0) is 14.3. The summed E-state index contributed by atoms with van der Waals surface area (Å²) < 4.78 is 5.40. The second-order valence-corrected chi connectivity index (χ2v) is 6.23. The first-order valence-corrected chi connectivity index (χ1v) is 7.32.